The average Bonchev–Trinajstić information content (AvgIpc) is 2.61. The lowest BCUT2D eigenvalue weighted by Crippen LogP contribution is -2.13. The quantitative estimate of drug-likeness (QED) is 0.933. The monoisotopic (exact) mass is 311 g/mol. The SMILES string of the molecule is COc1ccc(NC(=O)c2ccc3c(c2)CCCC3)cc1OC. The Morgan fingerprint density at radius 2 is 1.65 bits per heavy atom. The second-order valence-electron chi connectivity index (χ2n) is 5.71. The molecule has 0 saturated heterocycles. The van der Waals surface area contributed by atoms with Gasteiger partial charge in [0.1, 0.15) is 0 Å². The van der Waals surface area contributed by atoms with Crippen LogP contribution in [0, 0.1) is 0 Å². The summed E-state index contributed by atoms with van der Waals surface area (Å²) in [5, 5.41) is 2.92. The molecule has 4 heteroatoms. The van der Waals surface area contributed by atoms with E-state index in [9.17, 15) is 4.79 Å². The van der Waals surface area contributed by atoms with Crippen molar-refractivity contribution in [3.05, 3.63) is 53.1 Å². The first kappa shape index (κ1) is 15.4. The van der Waals surface area contributed by atoms with Crippen LogP contribution < -0.4 is 14.8 Å². The van der Waals surface area contributed by atoms with Crippen LogP contribution in [0.3, 0.4) is 0 Å². The molecule has 0 aromatic heterocycles. The maximum Gasteiger partial charge on any atom is 0.255 e. The number of anilines is 1. The van der Waals surface area contributed by atoms with E-state index < -0.39 is 0 Å². The van der Waals surface area contributed by atoms with Gasteiger partial charge < -0.3 is 14.8 Å². The number of carbonyl (C=O) groups excluding carboxylic acids is 1. The van der Waals surface area contributed by atoms with E-state index in [-0.39, 0.29) is 5.91 Å². The van der Waals surface area contributed by atoms with E-state index in [2.05, 4.69) is 11.4 Å². The van der Waals surface area contributed by atoms with Gasteiger partial charge in [0.05, 0.1) is 14.2 Å². The molecule has 3 rings (SSSR count). The van der Waals surface area contributed by atoms with Gasteiger partial charge >= 0.3 is 0 Å². The van der Waals surface area contributed by atoms with E-state index in [1.807, 2.05) is 12.1 Å². The predicted octanol–water partition coefficient (Wildman–Crippen LogP) is 3.83. The molecule has 0 bridgehead atoms. The van der Waals surface area contributed by atoms with Crippen LogP contribution in [-0.4, -0.2) is 20.1 Å². The van der Waals surface area contributed by atoms with Crippen molar-refractivity contribution in [2.45, 2.75) is 25.7 Å². The summed E-state index contributed by atoms with van der Waals surface area (Å²) in [6, 6.07) is 11.3. The molecule has 0 spiro atoms. The van der Waals surface area contributed by atoms with E-state index in [4.69, 9.17) is 9.47 Å². The molecular formula is C19H21NO3. The van der Waals surface area contributed by atoms with Crippen molar-refractivity contribution >= 4 is 11.6 Å². The van der Waals surface area contributed by atoms with Crippen molar-refractivity contribution < 1.29 is 14.3 Å². The highest BCUT2D eigenvalue weighted by Gasteiger charge is 2.14. The Kier molecular flexibility index (Phi) is 4.51. The minimum absolute atomic E-state index is 0.106. The Morgan fingerprint density at radius 1 is 0.913 bits per heavy atom. The number of carbonyl (C=O) groups is 1. The zero-order valence-corrected chi connectivity index (χ0v) is 13.5. The van der Waals surface area contributed by atoms with Gasteiger partial charge in [0.15, 0.2) is 11.5 Å². The van der Waals surface area contributed by atoms with Crippen molar-refractivity contribution in [1.82, 2.24) is 0 Å². The Morgan fingerprint density at radius 3 is 2.39 bits per heavy atom. The molecule has 2 aromatic carbocycles. The van der Waals surface area contributed by atoms with Gasteiger partial charge in [0, 0.05) is 17.3 Å². The fraction of sp³-hybridized carbons (Fsp3) is 0.316. The summed E-state index contributed by atoms with van der Waals surface area (Å²) in [4.78, 5) is 12.5. The molecule has 120 valence electrons. The van der Waals surface area contributed by atoms with E-state index in [0.717, 1.165) is 12.8 Å². The van der Waals surface area contributed by atoms with E-state index in [0.29, 0.717) is 22.7 Å². The van der Waals surface area contributed by atoms with Crippen molar-refractivity contribution in [3.8, 4) is 11.5 Å². The Balaban J connectivity index is 1.79. The van der Waals surface area contributed by atoms with Crippen molar-refractivity contribution in [3.63, 3.8) is 0 Å². The number of nitrogens with one attached hydrogen (secondary N) is 1. The third-order valence-electron chi connectivity index (χ3n) is 4.25. The zero-order valence-electron chi connectivity index (χ0n) is 13.5. The van der Waals surface area contributed by atoms with Crippen LogP contribution in [0.15, 0.2) is 36.4 Å². The minimum Gasteiger partial charge on any atom is -0.493 e. The summed E-state index contributed by atoms with van der Waals surface area (Å²) in [6.45, 7) is 0. The lowest BCUT2D eigenvalue weighted by Gasteiger charge is -2.16. The molecule has 4 nitrogen and oxygen atoms in total. The molecule has 2 aromatic rings. The average molecular weight is 311 g/mol. The van der Waals surface area contributed by atoms with Gasteiger partial charge in [-0.1, -0.05) is 6.07 Å². The molecule has 0 atom stereocenters. The number of rotatable bonds is 4. The molecule has 1 aliphatic rings. The summed E-state index contributed by atoms with van der Waals surface area (Å²) in [5.74, 6) is 1.13. The van der Waals surface area contributed by atoms with Gasteiger partial charge in [-0.2, -0.15) is 0 Å². The smallest absolute Gasteiger partial charge is 0.255 e. The van der Waals surface area contributed by atoms with Crippen LogP contribution >= 0.6 is 0 Å². The number of hydrogen-bond donors (Lipinski definition) is 1. The molecule has 1 amide bonds. The van der Waals surface area contributed by atoms with Crippen molar-refractivity contribution in [2.75, 3.05) is 19.5 Å². The highest BCUT2D eigenvalue weighted by molar-refractivity contribution is 6.04. The standard InChI is InChI=1S/C19H21NO3/c1-22-17-10-9-16(12-18(17)23-2)20-19(21)15-8-7-13-5-3-4-6-14(13)11-15/h7-12H,3-6H2,1-2H3,(H,20,21). The maximum atomic E-state index is 12.5. The molecular weight excluding hydrogens is 290 g/mol. The van der Waals surface area contributed by atoms with Gasteiger partial charge in [0.2, 0.25) is 0 Å². The third kappa shape index (κ3) is 3.31. The number of amides is 1. The normalized spacial score (nSPS) is 13.1. The van der Waals surface area contributed by atoms with Crippen LogP contribution in [0.2, 0.25) is 0 Å². The molecule has 23 heavy (non-hydrogen) atoms. The first-order chi connectivity index (χ1) is 11.2. The van der Waals surface area contributed by atoms with Crippen LogP contribution in [0.25, 0.3) is 0 Å². The number of methoxy groups -OCH3 is 2. The summed E-state index contributed by atoms with van der Waals surface area (Å²) < 4.78 is 10.5. The highest BCUT2D eigenvalue weighted by Crippen LogP contribution is 2.30. The molecule has 1 aliphatic carbocycles. The fourth-order valence-corrected chi connectivity index (χ4v) is 2.99. The number of hydrogen-bond acceptors (Lipinski definition) is 3. The lowest BCUT2D eigenvalue weighted by atomic mass is 9.90. The predicted molar refractivity (Wildman–Crippen MR) is 90.6 cm³/mol. The molecule has 0 saturated carbocycles. The van der Waals surface area contributed by atoms with Gasteiger partial charge in [-0.05, 0) is 61.1 Å². The molecule has 0 heterocycles. The topological polar surface area (TPSA) is 47.6 Å². The maximum absolute atomic E-state index is 12.5. The largest absolute Gasteiger partial charge is 0.493 e. The molecule has 1 N–H and O–H groups in total. The fourth-order valence-electron chi connectivity index (χ4n) is 2.99. The van der Waals surface area contributed by atoms with Gasteiger partial charge in [-0.3, -0.25) is 4.79 Å². The summed E-state index contributed by atoms with van der Waals surface area (Å²) in [6.07, 6.45) is 4.62. The molecule has 0 unspecified atom stereocenters. The Labute approximate surface area is 136 Å². The van der Waals surface area contributed by atoms with Crippen LogP contribution in [0.5, 0.6) is 11.5 Å². The highest BCUT2D eigenvalue weighted by atomic mass is 16.5. The molecule has 0 fully saturated rings. The molecule has 0 radical (unpaired) electrons. The van der Waals surface area contributed by atoms with Gasteiger partial charge in [-0.15, -0.1) is 0 Å². The van der Waals surface area contributed by atoms with Crippen molar-refractivity contribution in [2.24, 2.45) is 0 Å². The lowest BCUT2D eigenvalue weighted by molar-refractivity contribution is 0.102. The summed E-state index contributed by atoms with van der Waals surface area (Å²) >= 11 is 0. The number of fused-ring (bicyclic) bond motifs is 1. The van der Waals surface area contributed by atoms with E-state index in [1.54, 1.807) is 32.4 Å². The third-order valence-corrected chi connectivity index (χ3v) is 4.25. The number of aryl methyl sites for hydroxylation is 2. The number of benzene rings is 2. The summed E-state index contributed by atoms with van der Waals surface area (Å²) in [5.41, 5.74) is 4.06. The Bertz CT molecular complexity index is 725. The first-order valence-electron chi connectivity index (χ1n) is 7.86. The van der Waals surface area contributed by atoms with E-state index >= 15 is 0 Å². The minimum atomic E-state index is -0.106. The van der Waals surface area contributed by atoms with Gasteiger partial charge in [-0.25, -0.2) is 0 Å². The second-order valence-corrected chi connectivity index (χ2v) is 5.71. The second kappa shape index (κ2) is 6.73. The van der Waals surface area contributed by atoms with Crippen LogP contribution in [0.1, 0.15) is 34.3 Å². The zero-order chi connectivity index (χ0) is 16.2. The first-order valence-corrected chi connectivity index (χ1v) is 7.86. The van der Waals surface area contributed by atoms with Crippen LogP contribution in [0.4, 0.5) is 5.69 Å². The summed E-state index contributed by atoms with van der Waals surface area (Å²) in [7, 11) is 3.16. The van der Waals surface area contributed by atoms with Crippen LogP contribution in [-0.2, 0) is 12.8 Å². The number of ether oxygens (including phenoxy) is 2. The van der Waals surface area contributed by atoms with Gasteiger partial charge in [0.25, 0.3) is 5.91 Å². The molecule has 0 aliphatic heterocycles. The van der Waals surface area contributed by atoms with Crippen molar-refractivity contribution in [1.29, 1.82) is 0 Å². The van der Waals surface area contributed by atoms with E-state index in [1.165, 1.54) is 24.0 Å². The Hall–Kier alpha value is -2.49.